The van der Waals surface area contributed by atoms with Gasteiger partial charge in [-0.2, -0.15) is 0 Å². The summed E-state index contributed by atoms with van der Waals surface area (Å²) in [6, 6.07) is 5.76. The molecule has 0 spiro atoms. The van der Waals surface area contributed by atoms with Crippen LogP contribution in [0.4, 0.5) is 29.3 Å². The van der Waals surface area contributed by atoms with Gasteiger partial charge in [-0.25, -0.2) is 4.79 Å². The Balaban J connectivity index is 1.46. The van der Waals surface area contributed by atoms with Crippen LogP contribution in [0, 0.1) is 23.7 Å². The Morgan fingerprint density at radius 2 is 1.90 bits per heavy atom. The Bertz CT molecular complexity index is 1430. The van der Waals surface area contributed by atoms with Crippen molar-refractivity contribution in [1.29, 1.82) is 0 Å². The van der Waals surface area contributed by atoms with Gasteiger partial charge in [-0.05, 0) is 82.6 Å². The second-order valence-corrected chi connectivity index (χ2v) is 15.6. The fourth-order valence-electron chi connectivity index (χ4n) is 6.68. The number of fused-ring (bicyclic) bond motifs is 1. The number of rotatable bonds is 10. The van der Waals surface area contributed by atoms with Crippen molar-refractivity contribution in [2.24, 2.45) is 23.7 Å². The Morgan fingerprint density at radius 1 is 1.15 bits per heavy atom. The molecule has 1 saturated heterocycles. The average molecular weight is 713 g/mol. The smallest absolute Gasteiger partial charge is 0.444 e. The van der Waals surface area contributed by atoms with Crippen LogP contribution in [0.15, 0.2) is 47.1 Å². The molecule has 0 N–H and O–H groups in total. The van der Waals surface area contributed by atoms with Crippen LogP contribution in [0.5, 0.6) is 0 Å². The van der Waals surface area contributed by atoms with E-state index in [1.54, 1.807) is 49.8 Å². The molecule has 1 aromatic carbocycles. The lowest BCUT2D eigenvalue weighted by atomic mass is 9.69. The molecule has 1 saturated carbocycles. The van der Waals surface area contributed by atoms with E-state index in [-0.39, 0.29) is 42.0 Å². The highest BCUT2D eigenvalue weighted by molar-refractivity contribution is 8.00. The highest BCUT2D eigenvalue weighted by Crippen LogP contribution is 2.45. The van der Waals surface area contributed by atoms with E-state index in [0.29, 0.717) is 44.0 Å². The molecule has 0 aromatic heterocycles. The topological polar surface area (TPSA) is 88.6 Å². The fourth-order valence-corrected chi connectivity index (χ4v) is 8.04. The molecule has 0 bridgehead atoms. The first-order chi connectivity index (χ1) is 22.7. The highest BCUT2D eigenvalue weighted by atomic mass is 32.2. The number of likely N-dealkylation sites (tertiary alicyclic amines) is 1. The Kier molecular flexibility index (Phi) is 11.4. The summed E-state index contributed by atoms with van der Waals surface area (Å²) < 4.78 is 55.2. The molecule has 5 rings (SSSR count). The molecule has 14 heteroatoms. The van der Waals surface area contributed by atoms with Crippen molar-refractivity contribution < 1.29 is 41.2 Å². The van der Waals surface area contributed by atoms with Crippen LogP contribution >= 0.6 is 11.8 Å². The van der Waals surface area contributed by atoms with Gasteiger partial charge in [-0.1, -0.05) is 19.1 Å². The van der Waals surface area contributed by atoms with E-state index in [4.69, 9.17) is 13.7 Å². The molecule has 2 heterocycles. The van der Waals surface area contributed by atoms with E-state index < -0.39 is 41.1 Å². The molecule has 0 radical (unpaired) electrons. The summed E-state index contributed by atoms with van der Waals surface area (Å²) in [5.41, 5.74) is -3.78. The molecule has 4 aliphatic rings. The summed E-state index contributed by atoms with van der Waals surface area (Å²) in [4.78, 5) is 47.2. The monoisotopic (exact) mass is 712 g/mol. The van der Waals surface area contributed by atoms with Crippen molar-refractivity contribution in [3.05, 3.63) is 42.2 Å². The number of ether oxygens (including phenoxy) is 2. The number of allylic oxidation sites excluding steroid dienone is 4. The summed E-state index contributed by atoms with van der Waals surface area (Å²) in [5, 5.41) is 0. The van der Waals surface area contributed by atoms with Gasteiger partial charge in [0, 0.05) is 55.9 Å². The van der Waals surface area contributed by atoms with Crippen molar-refractivity contribution in [3.63, 3.8) is 0 Å². The minimum atomic E-state index is -4.50. The summed E-state index contributed by atoms with van der Waals surface area (Å²) in [6.45, 7) is 8.65. The van der Waals surface area contributed by atoms with Crippen LogP contribution in [-0.2, 0) is 35.3 Å². The van der Waals surface area contributed by atoms with Gasteiger partial charge >= 0.3 is 11.6 Å². The zero-order valence-electron chi connectivity index (χ0n) is 28.0. The first kappa shape index (κ1) is 36.4. The van der Waals surface area contributed by atoms with Crippen molar-refractivity contribution in [2.45, 2.75) is 75.4 Å². The van der Waals surface area contributed by atoms with Gasteiger partial charge in [0.15, 0.2) is 5.76 Å². The molecule has 264 valence electrons. The predicted octanol–water partition coefficient (Wildman–Crippen LogP) is 6.50. The van der Waals surface area contributed by atoms with Crippen LogP contribution in [-0.4, -0.2) is 79.1 Å². The van der Waals surface area contributed by atoms with Gasteiger partial charge in [-0.15, -0.1) is 24.9 Å². The van der Waals surface area contributed by atoms with Crippen molar-refractivity contribution in [1.82, 2.24) is 4.90 Å². The first-order valence-electron chi connectivity index (χ1n) is 16.4. The number of halogens is 3. The Hall–Kier alpha value is -2.84. The maximum absolute atomic E-state index is 14.9. The van der Waals surface area contributed by atoms with Gasteiger partial charge < -0.3 is 24.2 Å². The van der Waals surface area contributed by atoms with Crippen LogP contribution in [0.25, 0.3) is 0 Å². The van der Waals surface area contributed by atoms with Crippen LogP contribution in [0.3, 0.4) is 0 Å². The second-order valence-electron chi connectivity index (χ2n) is 13.7. The zero-order chi connectivity index (χ0) is 34.8. The number of methoxy groups -OCH3 is 1. The lowest BCUT2D eigenvalue weighted by Crippen LogP contribution is -2.54. The minimum absolute atomic E-state index is 0.000500. The molecular formula is C34H45F3N3O6S2+. The Labute approximate surface area is 288 Å². The van der Waals surface area contributed by atoms with E-state index in [0.717, 1.165) is 23.4 Å². The van der Waals surface area contributed by atoms with Crippen LogP contribution < -0.4 is 9.80 Å². The number of carbonyl (C=O) groups excluding carboxylic acids is 3. The van der Waals surface area contributed by atoms with Crippen molar-refractivity contribution in [2.75, 3.05) is 48.9 Å². The number of nitrogens with zero attached hydrogens (tertiary/aromatic N) is 3. The summed E-state index contributed by atoms with van der Waals surface area (Å²) in [7, 11) is 1.62. The number of thiol groups is 1. The van der Waals surface area contributed by atoms with Gasteiger partial charge in [0.2, 0.25) is 11.8 Å². The maximum Gasteiger partial charge on any atom is 0.615 e. The third-order valence-corrected chi connectivity index (χ3v) is 10.6. The van der Waals surface area contributed by atoms with Crippen LogP contribution in [0.2, 0.25) is 0 Å². The Morgan fingerprint density at radius 3 is 2.56 bits per heavy atom. The third kappa shape index (κ3) is 8.84. The molecular weight excluding hydrogens is 668 g/mol. The number of benzene rings is 1. The van der Waals surface area contributed by atoms with Crippen molar-refractivity contribution in [3.8, 4) is 0 Å². The predicted molar refractivity (Wildman–Crippen MR) is 182 cm³/mol. The van der Waals surface area contributed by atoms with Gasteiger partial charge in [0.25, 0.3) is 12.0 Å². The second kappa shape index (κ2) is 15.0. The molecule has 3 amide bonds. The summed E-state index contributed by atoms with van der Waals surface area (Å²) in [5.74, 6) is -1.25. The van der Waals surface area contributed by atoms with E-state index in [9.17, 15) is 27.6 Å². The quantitative estimate of drug-likeness (QED) is 0.156. The van der Waals surface area contributed by atoms with E-state index in [2.05, 4.69) is 0 Å². The zero-order valence-corrected chi connectivity index (χ0v) is 29.7. The largest absolute Gasteiger partial charge is 0.615 e. The number of thioether (sulfide) groups is 1. The summed E-state index contributed by atoms with van der Waals surface area (Å²) >= 11 is 0.367. The SMILES string of the molecule is COCCCN1C(=O)CSc2ccc(N(C(=O)[C@H]3CN(C(=O)OC(C)(C)C)CC[C@@H]3C3C=CC=C(O[SH+]C(F)(F)F)C3C)C3CC3)cc21. The molecule has 2 aliphatic carbocycles. The lowest BCUT2D eigenvalue weighted by molar-refractivity contribution is -0.127. The molecule has 1 aromatic rings. The number of alkyl halides is 3. The first-order valence-corrected chi connectivity index (χ1v) is 18.2. The molecule has 2 aliphatic heterocycles. The lowest BCUT2D eigenvalue weighted by Gasteiger charge is -2.44. The normalized spacial score (nSPS) is 24.6. The number of hydrogen-bond donors (Lipinski definition) is 0. The van der Waals surface area contributed by atoms with E-state index in [1.165, 1.54) is 11.8 Å². The fraction of sp³-hybridized carbons (Fsp3) is 0.618. The highest BCUT2D eigenvalue weighted by Gasteiger charge is 2.48. The molecule has 4 atom stereocenters. The molecule has 9 nitrogen and oxygen atoms in total. The van der Waals surface area contributed by atoms with Crippen LogP contribution in [0.1, 0.15) is 53.4 Å². The van der Waals surface area contributed by atoms with Gasteiger partial charge in [0.1, 0.15) is 5.60 Å². The average Bonchev–Trinajstić information content (AvgIpc) is 3.85. The third-order valence-electron chi connectivity index (χ3n) is 9.05. The van der Waals surface area contributed by atoms with Gasteiger partial charge in [0.05, 0.1) is 17.4 Å². The van der Waals surface area contributed by atoms with E-state index in [1.807, 2.05) is 36.1 Å². The number of anilines is 2. The standard InChI is InChI=1S/C34H44F3N3O6S2/c1-21-24(8-6-9-28(21)46-48-34(35,36)37)25-14-16-38(32(43)45-33(2,3)4)19-26(25)31(42)40(22-10-11-22)23-12-13-29-27(18-23)39(15-7-17-44-5)30(41)20-47-29/h6,8-9,12-13,18,21-22,24-26H,7,10-11,14-17,19-20H2,1-5H3/p+1/t21?,24?,25-,26+/m1/s1. The summed E-state index contributed by atoms with van der Waals surface area (Å²) in [6.07, 6.45) is 7.44. The molecule has 48 heavy (non-hydrogen) atoms. The number of hydrogen-bond acceptors (Lipinski definition) is 7. The van der Waals surface area contributed by atoms with E-state index >= 15 is 0 Å². The van der Waals surface area contributed by atoms with Gasteiger partial charge in [-0.3, -0.25) is 13.8 Å². The molecule has 2 unspecified atom stereocenters. The number of amides is 3. The number of piperidine rings is 1. The van der Waals surface area contributed by atoms with Crippen molar-refractivity contribution >= 4 is 53.1 Å². The minimum Gasteiger partial charge on any atom is -0.444 e. The molecule has 2 fully saturated rings. The number of carbonyl (C=O) groups is 3. The maximum atomic E-state index is 14.9.